The van der Waals surface area contributed by atoms with E-state index in [1.807, 2.05) is 60.7 Å². The lowest BCUT2D eigenvalue weighted by Gasteiger charge is -2.34. The third-order valence-corrected chi connectivity index (χ3v) is 5.07. The molecule has 4 rings (SSSR count). The third kappa shape index (κ3) is 3.90. The lowest BCUT2D eigenvalue weighted by atomic mass is 10.1. The maximum Gasteiger partial charge on any atom is 0.257 e. The molecule has 0 bridgehead atoms. The molecule has 7 heteroatoms. The molecular formula is C22H22N4O3. The van der Waals surface area contributed by atoms with E-state index in [0.29, 0.717) is 37.4 Å². The van der Waals surface area contributed by atoms with E-state index in [1.54, 1.807) is 20.7 Å². The van der Waals surface area contributed by atoms with Crippen LogP contribution in [-0.2, 0) is 4.79 Å². The number of carbonyl (C=O) groups is 2. The van der Waals surface area contributed by atoms with Crippen molar-refractivity contribution < 1.29 is 14.7 Å². The molecule has 0 saturated carbocycles. The summed E-state index contributed by atoms with van der Waals surface area (Å²) in [6.45, 7) is 1.18. The first-order chi connectivity index (χ1) is 14.2. The van der Waals surface area contributed by atoms with Crippen LogP contribution in [0.15, 0.2) is 66.9 Å². The average Bonchev–Trinajstić information content (AvgIpc) is 3.25. The first-order valence-electron chi connectivity index (χ1n) is 9.56. The molecule has 148 valence electrons. The van der Waals surface area contributed by atoms with E-state index < -0.39 is 6.61 Å². The van der Waals surface area contributed by atoms with Gasteiger partial charge in [0.1, 0.15) is 12.3 Å². The van der Waals surface area contributed by atoms with E-state index in [1.165, 1.54) is 0 Å². The predicted molar refractivity (Wildman–Crippen MR) is 109 cm³/mol. The highest BCUT2D eigenvalue weighted by Crippen LogP contribution is 2.25. The fraction of sp³-hybridized carbons (Fsp3) is 0.227. The molecule has 0 unspecified atom stereocenters. The number of benzene rings is 2. The Morgan fingerprint density at radius 1 is 0.862 bits per heavy atom. The van der Waals surface area contributed by atoms with Crippen molar-refractivity contribution in [2.45, 2.75) is 0 Å². The van der Waals surface area contributed by atoms with E-state index in [-0.39, 0.29) is 11.8 Å². The monoisotopic (exact) mass is 390 g/mol. The van der Waals surface area contributed by atoms with Crippen LogP contribution in [0.1, 0.15) is 10.4 Å². The zero-order valence-electron chi connectivity index (χ0n) is 15.9. The maximum atomic E-state index is 13.3. The van der Waals surface area contributed by atoms with Gasteiger partial charge in [0.05, 0.1) is 11.3 Å². The molecule has 3 aromatic rings. The Bertz CT molecular complexity index is 993. The number of aromatic nitrogens is 2. The minimum atomic E-state index is -0.504. The summed E-state index contributed by atoms with van der Waals surface area (Å²) in [5.74, 6) is -0.416. The minimum absolute atomic E-state index is 0.109. The molecule has 2 amide bonds. The van der Waals surface area contributed by atoms with Gasteiger partial charge in [-0.1, -0.05) is 48.5 Å². The molecule has 1 aliphatic heterocycles. The molecule has 29 heavy (non-hydrogen) atoms. The Hall–Kier alpha value is -3.45. The van der Waals surface area contributed by atoms with Crippen LogP contribution >= 0.6 is 0 Å². The summed E-state index contributed by atoms with van der Waals surface area (Å²) in [4.78, 5) is 28.3. The molecule has 0 atom stereocenters. The first-order valence-corrected chi connectivity index (χ1v) is 9.56. The van der Waals surface area contributed by atoms with Crippen molar-refractivity contribution in [2.75, 3.05) is 32.8 Å². The number of carbonyl (C=O) groups excluding carboxylic acids is 2. The number of aliphatic hydroxyl groups excluding tert-OH is 1. The van der Waals surface area contributed by atoms with Gasteiger partial charge >= 0.3 is 0 Å². The third-order valence-electron chi connectivity index (χ3n) is 5.07. The SMILES string of the molecule is O=C(CO)N1CCN(C(=O)c2cn(-c3ccccc3)nc2-c2ccccc2)CC1. The lowest BCUT2D eigenvalue weighted by molar-refractivity contribution is -0.135. The average molecular weight is 390 g/mol. The molecule has 0 spiro atoms. The van der Waals surface area contributed by atoms with Gasteiger partial charge in [-0.25, -0.2) is 4.68 Å². The second kappa shape index (κ2) is 8.28. The zero-order chi connectivity index (χ0) is 20.2. The number of hydrogen-bond acceptors (Lipinski definition) is 4. The first kappa shape index (κ1) is 18.9. The van der Waals surface area contributed by atoms with Crippen LogP contribution in [0.3, 0.4) is 0 Å². The standard InChI is InChI=1S/C22H22N4O3/c27-16-20(28)24-11-13-25(14-12-24)22(29)19-15-26(18-9-5-2-6-10-18)23-21(19)17-7-3-1-4-8-17/h1-10,15,27H,11-14,16H2. The summed E-state index contributed by atoms with van der Waals surface area (Å²) in [5, 5.41) is 13.7. The van der Waals surface area contributed by atoms with E-state index in [4.69, 9.17) is 10.2 Å². The van der Waals surface area contributed by atoms with E-state index in [9.17, 15) is 9.59 Å². The molecule has 1 saturated heterocycles. The topological polar surface area (TPSA) is 78.7 Å². The molecule has 0 aliphatic carbocycles. The van der Waals surface area contributed by atoms with Gasteiger partial charge in [0.15, 0.2) is 0 Å². The van der Waals surface area contributed by atoms with Crippen molar-refractivity contribution >= 4 is 11.8 Å². The Kier molecular flexibility index (Phi) is 5.39. The summed E-state index contributed by atoms with van der Waals surface area (Å²) >= 11 is 0. The van der Waals surface area contributed by atoms with Gasteiger partial charge in [0.2, 0.25) is 5.91 Å². The van der Waals surface area contributed by atoms with E-state index in [2.05, 4.69) is 0 Å². The summed E-state index contributed by atoms with van der Waals surface area (Å²) in [6, 6.07) is 19.3. The largest absolute Gasteiger partial charge is 0.387 e. The fourth-order valence-electron chi connectivity index (χ4n) is 3.48. The molecule has 1 N–H and O–H groups in total. The summed E-state index contributed by atoms with van der Waals surface area (Å²) in [5.41, 5.74) is 2.91. The Labute approximate surface area is 168 Å². The maximum absolute atomic E-state index is 13.3. The summed E-state index contributed by atoms with van der Waals surface area (Å²) in [6.07, 6.45) is 1.77. The highest BCUT2D eigenvalue weighted by atomic mass is 16.3. The van der Waals surface area contributed by atoms with Crippen LogP contribution < -0.4 is 0 Å². The summed E-state index contributed by atoms with van der Waals surface area (Å²) < 4.78 is 1.72. The van der Waals surface area contributed by atoms with Crippen LogP contribution in [0.4, 0.5) is 0 Å². The molecular weight excluding hydrogens is 368 g/mol. The van der Waals surface area contributed by atoms with E-state index >= 15 is 0 Å². The molecule has 0 radical (unpaired) electrons. The Balaban J connectivity index is 1.65. The Morgan fingerprint density at radius 2 is 1.45 bits per heavy atom. The van der Waals surface area contributed by atoms with Crippen molar-refractivity contribution in [2.24, 2.45) is 0 Å². The van der Waals surface area contributed by atoms with Crippen molar-refractivity contribution in [3.8, 4) is 16.9 Å². The van der Waals surface area contributed by atoms with E-state index in [0.717, 1.165) is 11.3 Å². The number of piperazine rings is 1. The van der Waals surface area contributed by atoms with Crippen LogP contribution in [0.5, 0.6) is 0 Å². The number of para-hydroxylation sites is 1. The molecule has 1 fully saturated rings. The normalized spacial score (nSPS) is 14.1. The lowest BCUT2D eigenvalue weighted by Crippen LogP contribution is -2.51. The smallest absolute Gasteiger partial charge is 0.257 e. The molecule has 2 heterocycles. The van der Waals surface area contributed by atoms with Crippen LogP contribution in [0, 0.1) is 0 Å². The van der Waals surface area contributed by atoms with Crippen molar-refractivity contribution in [3.05, 3.63) is 72.4 Å². The van der Waals surface area contributed by atoms with Crippen LogP contribution in [0.2, 0.25) is 0 Å². The van der Waals surface area contributed by atoms with Gasteiger partial charge in [0.25, 0.3) is 5.91 Å². The Morgan fingerprint density at radius 3 is 2.07 bits per heavy atom. The van der Waals surface area contributed by atoms with Crippen molar-refractivity contribution in [3.63, 3.8) is 0 Å². The van der Waals surface area contributed by atoms with Gasteiger partial charge in [-0.05, 0) is 12.1 Å². The van der Waals surface area contributed by atoms with Gasteiger partial charge < -0.3 is 14.9 Å². The van der Waals surface area contributed by atoms with Gasteiger partial charge in [-0.3, -0.25) is 9.59 Å². The quantitative estimate of drug-likeness (QED) is 0.737. The predicted octanol–water partition coefficient (Wildman–Crippen LogP) is 1.82. The van der Waals surface area contributed by atoms with Gasteiger partial charge in [-0.15, -0.1) is 0 Å². The number of hydrogen-bond donors (Lipinski definition) is 1. The van der Waals surface area contributed by atoms with Crippen LogP contribution in [-0.4, -0.2) is 69.3 Å². The number of aliphatic hydroxyl groups is 1. The van der Waals surface area contributed by atoms with Crippen molar-refractivity contribution in [1.29, 1.82) is 0 Å². The van der Waals surface area contributed by atoms with Crippen LogP contribution in [0.25, 0.3) is 16.9 Å². The highest BCUT2D eigenvalue weighted by Gasteiger charge is 2.27. The molecule has 1 aromatic heterocycles. The second-order valence-electron chi connectivity index (χ2n) is 6.87. The van der Waals surface area contributed by atoms with Crippen molar-refractivity contribution in [1.82, 2.24) is 19.6 Å². The number of amides is 2. The number of rotatable bonds is 4. The highest BCUT2D eigenvalue weighted by molar-refractivity contribution is 6.00. The fourth-order valence-corrected chi connectivity index (χ4v) is 3.48. The van der Waals surface area contributed by atoms with Gasteiger partial charge in [0, 0.05) is 37.9 Å². The van der Waals surface area contributed by atoms with Gasteiger partial charge in [-0.2, -0.15) is 5.10 Å². The molecule has 2 aromatic carbocycles. The second-order valence-corrected chi connectivity index (χ2v) is 6.87. The minimum Gasteiger partial charge on any atom is -0.387 e. The molecule has 1 aliphatic rings. The zero-order valence-corrected chi connectivity index (χ0v) is 15.9. The number of nitrogens with zero attached hydrogens (tertiary/aromatic N) is 4. The molecule has 7 nitrogen and oxygen atoms in total. The summed E-state index contributed by atoms with van der Waals surface area (Å²) in [7, 11) is 0.